The fraction of sp³-hybridized carbons (Fsp3) is 0.125. The summed E-state index contributed by atoms with van der Waals surface area (Å²) < 4.78 is 4.93. The summed E-state index contributed by atoms with van der Waals surface area (Å²) in [5, 5.41) is 3.83. The van der Waals surface area contributed by atoms with Crippen LogP contribution < -0.4 is 4.90 Å². The Morgan fingerprint density at radius 3 is 2.67 bits per heavy atom. The van der Waals surface area contributed by atoms with E-state index in [0.717, 1.165) is 11.3 Å². The average Bonchev–Trinajstić information content (AvgIpc) is 3.04. The fourth-order valence-corrected chi connectivity index (χ4v) is 2.24. The van der Waals surface area contributed by atoms with Crippen molar-refractivity contribution in [2.45, 2.75) is 0 Å². The second-order valence-corrected chi connectivity index (χ2v) is 5.07. The van der Waals surface area contributed by atoms with Gasteiger partial charge in [0.15, 0.2) is 6.61 Å². The van der Waals surface area contributed by atoms with Crippen LogP contribution in [0.5, 0.6) is 0 Å². The van der Waals surface area contributed by atoms with Crippen LogP contribution in [-0.4, -0.2) is 25.5 Å². The predicted octanol–water partition coefficient (Wildman–Crippen LogP) is 2.97. The molecule has 5 heteroatoms. The number of nitrogens with zero attached hydrogens (tertiary/aromatic N) is 1. The summed E-state index contributed by atoms with van der Waals surface area (Å²) >= 11 is 1.55. The molecule has 0 radical (unpaired) electrons. The van der Waals surface area contributed by atoms with Crippen molar-refractivity contribution >= 4 is 35.0 Å². The van der Waals surface area contributed by atoms with Crippen LogP contribution in [0.1, 0.15) is 5.56 Å². The molecule has 0 unspecified atom stereocenters. The highest BCUT2D eigenvalue weighted by atomic mass is 32.1. The van der Waals surface area contributed by atoms with Crippen molar-refractivity contribution in [3.8, 4) is 0 Å². The molecule has 2 aromatic rings. The summed E-state index contributed by atoms with van der Waals surface area (Å²) in [5.74, 6) is -0.811. The highest BCUT2D eigenvalue weighted by Gasteiger charge is 2.12. The van der Waals surface area contributed by atoms with Crippen molar-refractivity contribution in [2.24, 2.45) is 0 Å². The zero-order valence-electron chi connectivity index (χ0n) is 11.6. The summed E-state index contributed by atoms with van der Waals surface area (Å²) in [7, 11) is 1.65. The highest BCUT2D eigenvalue weighted by molar-refractivity contribution is 7.08. The van der Waals surface area contributed by atoms with Crippen molar-refractivity contribution in [2.75, 3.05) is 18.6 Å². The number of anilines is 1. The van der Waals surface area contributed by atoms with Crippen molar-refractivity contribution in [3.05, 3.63) is 58.8 Å². The number of amides is 1. The first-order valence-corrected chi connectivity index (χ1v) is 7.30. The van der Waals surface area contributed by atoms with E-state index in [4.69, 9.17) is 4.74 Å². The molecule has 0 atom stereocenters. The number of esters is 1. The second kappa shape index (κ2) is 7.40. The molecule has 0 aliphatic heterocycles. The topological polar surface area (TPSA) is 46.6 Å². The van der Waals surface area contributed by atoms with Crippen LogP contribution in [0.4, 0.5) is 5.69 Å². The normalized spacial score (nSPS) is 10.5. The highest BCUT2D eigenvalue weighted by Crippen LogP contribution is 2.11. The molecule has 0 N–H and O–H groups in total. The monoisotopic (exact) mass is 301 g/mol. The van der Waals surface area contributed by atoms with Crippen molar-refractivity contribution in [1.82, 2.24) is 0 Å². The molecule has 1 aromatic carbocycles. The van der Waals surface area contributed by atoms with Gasteiger partial charge in [-0.15, -0.1) is 0 Å². The van der Waals surface area contributed by atoms with Gasteiger partial charge < -0.3 is 9.64 Å². The van der Waals surface area contributed by atoms with Crippen LogP contribution in [0.25, 0.3) is 6.08 Å². The summed E-state index contributed by atoms with van der Waals surface area (Å²) in [5.41, 5.74) is 1.69. The number of hydrogen-bond acceptors (Lipinski definition) is 4. The molecule has 0 aliphatic rings. The number of hydrogen-bond donors (Lipinski definition) is 0. The number of carbonyl (C=O) groups excluding carboxylic acids is 2. The van der Waals surface area contributed by atoms with Gasteiger partial charge in [-0.2, -0.15) is 11.3 Å². The Bertz CT molecular complexity index is 620. The van der Waals surface area contributed by atoms with E-state index in [9.17, 15) is 9.59 Å². The Balaban J connectivity index is 1.82. The van der Waals surface area contributed by atoms with E-state index in [1.807, 2.05) is 47.2 Å². The standard InChI is InChI=1S/C16H15NO3S/c1-17(14-5-3-2-4-6-14)15(18)11-20-16(19)8-7-13-9-10-21-12-13/h2-10,12H,11H2,1H3/b8-7+. The van der Waals surface area contributed by atoms with E-state index < -0.39 is 5.97 Å². The summed E-state index contributed by atoms with van der Waals surface area (Å²) in [6, 6.07) is 11.1. The number of likely N-dealkylation sites (N-methyl/N-ethyl adjacent to an activating group) is 1. The maximum Gasteiger partial charge on any atom is 0.331 e. The molecule has 0 fully saturated rings. The molecule has 1 amide bonds. The van der Waals surface area contributed by atoms with Gasteiger partial charge in [-0.3, -0.25) is 4.79 Å². The summed E-state index contributed by atoms with van der Waals surface area (Å²) in [6.07, 6.45) is 2.97. The number of thiophene rings is 1. The van der Waals surface area contributed by atoms with Gasteiger partial charge >= 0.3 is 5.97 Å². The zero-order valence-corrected chi connectivity index (χ0v) is 12.4. The summed E-state index contributed by atoms with van der Waals surface area (Å²) in [6.45, 7) is -0.280. The van der Waals surface area contributed by atoms with Crippen LogP contribution in [0.2, 0.25) is 0 Å². The Morgan fingerprint density at radius 2 is 2.00 bits per heavy atom. The van der Waals surface area contributed by atoms with Crippen molar-refractivity contribution < 1.29 is 14.3 Å². The molecule has 0 bridgehead atoms. The van der Waals surface area contributed by atoms with Crippen LogP contribution in [0, 0.1) is 0 Å². The van der Waals surface area contributed by atoms with E-state index in [-0.39, 0.29) is 12.5 Å². The van der Waals surface area contributed by atoms with Gasteiger partial charge in [0.05, 0.1) is 0 Å². The molecule has 0 saturated heterocycles. The first-order chi connectivity index (χ1) is 10.2. The van der Waals surface area contributed by atoms with Crippen LogP contribution in [-0.2, 0) is 14.3 Å². The average molecular weight is 301 g/mol. The number of ether oxygens (including phenoxy) is 1. The Hall–Kier alpha value is -2.40. The Kier molecular flexibility index (Phi) is 5.29. The van der Waals surface area contributed by atoms with E-state index in [0.29, 0.717) is 0 Å². The van der Waals surface area contributed by atoms with E-state index in [1.54, 1.807) is 24.5 Å². The van der Waals surface area contributed by atoms with Crippen molar-refractivity contribution in [1.29, 1.82) is 0 Å². The lowest BCUT2D eigenvalue weighted by Crippen LogP contribution is -2.30. The van der Waals surface area contributed by atoms with Crippen LogP contribution >= 0.6 is 11.3 Å². The lowest BCUT2D eigenvalue weighted by atomic mass is 10.3. The lowest BCUT2D eigenvalue weighted by Gasteiger charge is -2.16. The van der Waals surface area contributed by atoms with Gasteiger partial charge in [0.2, 0.25) is 0 Å². The minimum Gasteiger partial charge on any atom is -0.452 e. The number of rotatable bonds is 5. The maximum atomic E-state index is 11.9. The Labute approximate surface area is 127 Å². The molecular weight excluding hydrogens is 286 g/mol. The summed E-state index contributed by atoms with van der Waals surface area (Å²) in [4.78, 5) is 24.9. The smallest absolute Gasteiger partial charge is 0.331 e. The first-order valence-electron chi connectivity index (χ1n) is 6.35. The van der Waals surface area contributed by atoms with Gasteiger partial charge in [0, 0.05) is 18.8 Å². The third kappa shape index (κ3) is 4.57. The van der Waals surface area contributed by atoms with Crippen LogP contribution in [0.3, 0.4) is 0 Å². The molecule has 0 aliphatic carbocycles. The first kappa shape index (κ1) is 15.0. The minimum absolute atomic E-state index is 0.279. The van der Waals surface area contributed by atoms with E-state index in [1.165, 1.54) is 11.0 Å². The van der Waals surface area contributed by atoms with Gasteiger partial charge in [-0.1, -0.05) is 18.2 Å². The third-order valence-electron chi connectivity index (χ3n) is 2.81. The largest absolute Gasteiger partial charge is 0.452 e. The number of benzene rings is 1. The SMILES string of the molecule is CN(C(=O)COC(=O)/C=C/c1ccsc1)c1ccccc1. The van der Waals surface area contributed by atoms with Gasteiger partial charge in [0.1, 0.15) is 0 Å². The molecule has 1 heterocycles. The third-order valence-corrected chi connectivity index (χ3v) is 3.51. The molecular formula is C16H15NO3S. The molecule has 21 heavy (non-hydrogen) atoms. The van der Waals surface area contributed by atoms with Crippen molar-refractivity contribution in [3.63, 3.8) is 0 Å². The van der Waals surface area contributed by atoms with Crippen LogP contribution in [0.15, 0.2) is 53.2 Å². The molecule has 108 valence electrons. The van der Waals surface area contributed by atoms with Gasteiger partial charge in [-0.05, 0) is 40.6 Å². The number of para-hydroxylation sites is 1. The Morgan fingerprint density at radius 1 is 1.24 bits per heavy atom. The lowest BCUT2D eigenvalue weighted by molar-refractivity contribution is -0.142. The minimum atomic E-state index is -0.531. The van der Waals surface area contributed by atoms with Gasteiger partial charge in [0.25, 0.3) is 5.91 Å². The molecule has 0 spiro atoms. The van der Waals surface area contributed by atoms with Gasteiger partial charge in [-0.25, -0.2) is 4.79 Å². The van der Waals surface area contributed by atoms with E-state index >= 15 is 0 Å². The predicted molar refractivity (Wildman–Crippen MR) is 84.2 cm³/mol. The quantitative estimate of drug-likeness (QED) is 0.630. The zero-order chi connectivity index (χ0) is 15.1. The molecule has 1 aromatic heterocycles. The fourth-order valence-electron chi connectivity index (χ4n) is 1.61. The second-order valence-electron chi connectivity index (χ2n) is 4.29. The van der Waals surface area contributed by atoms with E-state index in [2.05, 4.69) is 0 Å². The maximum absolute atomic E-state index is 11.9. The molecule has 2 rings (SSSR count). The number of carbonyl (C=O) groups is 2. The molecule has 0 saturated carbocycles. The molecule has 4 nitrogen and oxygen atoms in total.